The second-order valence-corrected chi connectivity index (χ2v) is 6.18. The van der Waals surface area contributed by atoms with E-state index >= 15 is 0 Å². The molecule has 5 heteroatoms. The molecule has 2 aromatic carbocycles. The van der Waals surface area contributed by atoms with Crippen LogP contribution in [-0.4, -0.2) is 10.7 Å². The van der Waals surface area contributed by atoms with E-state index in [2.05, 4.69) is 6.07 Å². The van der Waals surface area contributed by atoms with Gasteiger partial charge >= 0.3 is 0 Å². The second kappa shape index (κ2) is 5.48. The molecule has 0 amide bonds. The van der Waals surface area contributed by atoms with Crippen LogP contribution in [0.5, 0.6) is 5.75 Å². The quantitative estimate of drug-likeness (QED) is 0.684. The molecule has 4 nitrogen and oxygen atoms in total. The van der Waals surface area contributed by atoms with E-state index in [9.17, 15) is 4.39 Å². The fourth-order valence-corrected chi connectivity index (χ4v) is 3.47. The Hall–Kier alpha value is -3.08. The molecule has 0 saturated heterocycles. The minimum atomic E-state index is -0.395. The van der Waals surface area contributed by atoms with Crippen molar-refractivity contribution in [1.29, 1.82) is 0 Å². The van der Waals surface area contributed by atoms with Crippen LogP contribution in [0.15, 0.2) is 76.4 Å². The van der Waals surface area contributed by atoms with Crippen molar-refractivity contribution in [3.05, 3.63) is 89.6 Å². The zero-order valence-corrected chi connectivity index (χ0v) is 13.3. The van der Waals surface area contributed by atoms with Crippen molar-refractivity contribution in [3.8, 4) is 5.75 Å². The maximum absolute atomic E-state index is 13.3. The number of hydrazone groups is 1. The number of furan rings is 1. The normalized spacial score (nSPS) is 21.3. The Morgan fingerprint density at radius 3 is 2.64 bits per heavy atom. The molecule has 5 rings (SSSR count). The van der Waals surface area contributed by atoms with Crippen LogP contribution >= 0.6 is 0 Å². The van der Waals surface area contributed by atoms with Gasteiger partial charge in [-0.15, -0.1) is 0 Å². The largest absolute Gasteiger partial charge is 0.464 e. The Bertz CT molecular complexity index is 935. The van der Waals surface area contributed by atoms with E-state index < -0.39 is 6.23 Å². The minimum absolute atomic E-state index is 0.0695. The second-order valence-electron chi connectivity index (χ2n) is 6.18. The highest BCUT2D eigenvalue weighted by atomic mass is 19.1. The molecular weight excluding hydrogens is 319 g/mol. The Kier molecular flexibility index (Phi) is 3.13. The number of fused-ring (bicyclic) bond motifs is 3. The van der Waals surface area contributed by atoms with E-state index in [-0.39, 0.29) is 11.9 Å². The molecule has 0 unspecified atom stereocenters. The van der Waals surface area contributed by atoms with Crippen molar-refractivity contribution < 1.29 is 13.5 Å². The summed E-state index contributed by atoms with van der Waals surface area (Å²) in [6.45, 7) is 0. The van der Waals surface area contributed by atoms with Gasteiger partial charge in [0.2, 0.25) is 6.23 Å². The number of benzene rings is 2. The highest BCUT2D eigenvalue weighted by Gasteiger charge is 2.41. The van der Waals surface area contributed by atoms with Gasteiger partial charge in [-0.25, -0.2) is 9.40 Å². The van der Waals surface area contributed by atoms with Crippen LogP contribution < -0.4 is 4.74 Å². The lowest BCUT2D eigenvalue weighted by atomic mass is 9.97. The molecule has 2 atom stereocenters. The molecule has 0 N–H and O–H groups in total. The molecule has 0 bridgehead atoms. The first kappa shape index (κ1) is 14.3. The SMILES string of the molecule is Fc1ccc([C@H]2Oc3ccccc3[C@H]3CC(c4ccco4)=NN32)cc1. The van der Waals surface area contributed by atoms with Gasteiger partial charge in [-0.1, -0.05) is 30.3 Å². The molecular formula is C20H15FN2O2. The first-order valence-corrected chi connectivity index (χ1v) is 8.20. The van der Waals surface area contributed by atoms with Crippen molar-refractivity contribution in [2.45, 2.75) is 18.7 Å². The zero-order chi connectivity index (χ0) is 16.8. The summed E-state index contributed by atoms with van der Waals surface area (Å²) in [5.74, 6) is 1.34. The number of nitrogens with zero attached hydrogens (tertiary/aromatic N) is 2. The van der Waals surface area contributed by atoms with E-state index in [1.54, 1.807) is 18.4 Å². The Morgan fingerprint density at radius 2 is 1.84 bits per heavy atom. The lowest BCUT2D eigenvalue weighted by molar-refractivity contribution is -0.0190. The highest BCUT2D eigenvalue weighted by molar-refractivity contribution is 5.99. The predicted molar refractivity (Wildman–Crippen MR) is 90.7 cm³/mol. The predicted octanol–water partition coefficient (Wildman–Crippen LogP) is 4.66. The van der Waals surface area contributed by atoms with Crippen molar-refractivity contribution in [2.75, 3.05) is 0 Å². The molecule has 1 aromatic heterocycles. The van der Waals surface area contributed by atoms with E-state index in [0.717, 1.165) is 34.8 Å². The van der Waals surface area contributed by atoms with Gasteiger partial charge in [0.05, 0.1) is 12.3 Å². The van der Waals surface area contributed by atoms with Crippen LogP contribution in [0.4, 0.5) is 4.39 Å². The van der Waals surface area contributed by atoms with Crippen molar-refractivity contribution in [2.24, 2.45) is 5.10 Å². The summed E-state index contributed by atoms with van der Waals surface area (Å²) in [7, 11) is 0. The van der Waals surface area contributed by atoms with Crippen LogP contribution in [0.25, 0.3) is 0 Å². The number of hydrogen-bond acceptors (Lipinski definition) is 4. The number of ether oxygens (including phenoxy) is 1. The van der Waals surface area contributed by atoms with Gasteiger partial charge in [-0.05, 0) is 30.3 Å². The summed E-state index contributed by atoms with van der Waals surface area (Å²) in [6.07, 6.45) is 2.00. The fourth-order valence-electron chi connectivity index (χ4n) is 3.47. The van der Waals surface area contributed by atoms with Crippen LogP contribution in [0, 0.1) is 5.82 Å². The van der Waals surface area contributed by atoms with Crippen molar-refractivity contribution >= 4 is 5.71 Å². The molecule has 25 heavy (non-hydrogen) atoms. The summed E-state index contributed by atoms with van der Waals surface area (Å²) >= 11 is 0. The van der Waals surface area contributed by atoms with Gasteiger partial charge in [-0.2, -0.15) is 5.10 Å². The summed E-state index contributed by atoms with van der Waals surface area (Å²) in [4.78, 5) is 0. The smallest absolute Gasteiger partial charge is 0.213 e. The average Bonchev–Trinajstić information content (AvgIpc) is 3.31. The van der Waals surface area contributed by atoms with Crippen LogP contribution in [-0.2, 0) is 0 Å². The third-order valence-electron chi connectivity index (χ3n) is 4.66. The third-order valence-corrected chi connectivity index (χ3v) is 4.66. The van der Waals surface area contributed by atoms with Crippen LogP contribution in [0.1, 0.15) is 35.6 Å². The molecule has 2 aliphatic rings. The summed E-state index contributed by atoms with van der Waals surface area (Å²) in [5.41, 5.74) is 2.86. The summed E-state index contributed by atoms with van der Waals surface area (Å²) in [5, 5.41) is 6.72. The maximum Gasteiger partial charge on any atom is 0.213 e. The molecule has 2 aliphatic heterocycles. The zero-order valence-electron chi connectivity index (χ0n) is 13.3. The number of para-hydroxylation sites is 1. The standard InChI is InChI=1S/C20H15FN2O2/c21-14-9-7-13(8-10-14)20-23-17(15-4-1-2-5-18(15)25-20)12-16(22-23)19-6-3-11-24-19/h1-11,17,20H,12H2/t17-,20-/m1/s1. The topological polar surface area (TPSA) is 38.0 Å². The fraction of sp³-hybridized carbons (Fsp3) is 0.150. The number of rotatable bonds is 2. The Balaban J connectivity index is 1.60. The van der Waals surface area contributed by atoms with Crippen molar-refractivity contribution in [1.82, 2.24) is 5.01 Å². The van der Waals surface area contributed by atoms with Crippen LogP contribution in [0.3, 0.4) is 0 Å². The molecule has 0 fully saturated rings. The molecule has 124 valence electrons. The Morgan fingerprint density at radius 1 is 1.00 bits per heavy atom. The van der Waals surface area contributed by atoms with Gasteiger partial charge in [0.15, 0.2) is 0 Å². The lowest BCUT2D eigenvalue weighted by Crippen LogP contribution is -2.33. The highest BCUT2D eigenvalue weighted by Crippen LogP contribution is 2.47. The van der Waals surface area contributed by atoms with Gasteiger partial charge in [-0.3, -0.25) is 0 Å². The minimum Gasteiger partial charge on any atom is -0.464 e. The van der Waals surface area contributed by atoms with Gasteiger partial charge in [0.1, 0.15) is 23.0 Å². The summed E-state index contributed by atoms with van der Waals surface area (Å²) < 4.78 is 25.0. The third kappa shape index (κ3) is 2.31. The average molecular weight is 334 g/mol. The molecule has 0 radical (unpaired) electrons. The molecule has 3 heterocycles. The maximum atomic E-state index is 13.3. The first-order chi connectivity index (χ1) is 12.3. The Labute approximate surface area is 144 Å². The van der Waals surface area contributed by atoms with E-state index in [1.807, 2.05) is 35.3 Å². The molecule has 0 aliphatic carbocycles. The molecule has 0 saturated carbocycles. The molecule has 3 aromatic rings. The number of halogens is 1. The van der Waals surface area contributed by atoms with Crippen LogP contribution in [0.2, 0.25) is 0 Å². The van der Waals surface area contributed by atoms with E-state index in [1.165, 1.54) is 12.1 Å². The van der Waals surface area contributed by atoms with Crippen molar-refractivity contribution in [3.63, 3.8) is 0 Å². The number of hydrogen-bond donors (Lipinski definition) is 0. The monoisotopic (exact) mass is 334 g/mol. The molecule has 0 spiro atoms. The van der Waals surface area contributed by atoms with E-state index in [0.29, 0.717) is 0 Å². The van der Waals surface area contributed by atoms with E-state index in [4.69, 9.17) is 14.3 Å². The van der Waals surface area contributed by atoms with Gasteiger partial charge in [0.25, 0.3) is 0 Å². The first-order valence-electron chi connectivity index (χ1n) is 8.20. The lowest BCUT2D eigenvalue weighted by Gasteiger charge is -2.38. The van der Waals surface area contributed by atoms with Gasteiger partial charge in [0, 0.05) is 17.5 Å². The van der Waals surface area contributed by atoms with Gasteiger partial charge < -0.3 is 9.15 Å². The summed E-state index contributed by atoms with van der Waals surface area (Å²) in [6, 6.07) is 18.2.